The van der Waals surface area contributed by atoms with Gasteiger partial charge in [-0.2, -0.15) is 5.10 Å². The fourth-order valence-corrected chi connectivity index (χ4v) is 3.56. The number of carbonyl (C=O) groups excluding carboxylic acids is 1. The number of amides is 1. The lowest BCUT2D eigenvalue weighted by Crippen LogP contribution is -2.53. The molecule has 8 nitrogen and oxygen atoms in total. The van der Waals surface area contributed by atoms with E-state index >= 15 is 0 Å². The van der Waals surface area contributed by atoms with Crippen molar-refractivity contribution in [2.45, 2.75) is 27.3 Å². The Morgan fingerprint density at radius 2 is 1.86 bits per heavy atom. The maximum absolute atomic E-state index is 11.9. The monoisotopic (exact) mass is 398 g/mol. The molecular formula is C21H30N6O2. The van der Waals surface area contributed by atoms with Crippen molar-refractivity contribution in [2.24, 2.45) is 4.99 Å². The van der Waals surface area contributed by atoms with Gasteiger partial charge in [0.05, 0.1) is 18.0 Å². The second kappa shape index (κ2) is 9.45. The summed E-state index contributed by atoms with van der Waals surface area (Å²) in [6, 6.07) is 10.3. The van der Waals surface area contributed by atoms with Crippen molar-refractivity contribution < 1.29 is 9.53 Å². The van der Waals surface area contributed by atoms with Crippen molar-refractivity contribution >= 4 is 12.1 Å². The third kappa shape index (κ3) is 4.88. The van der Waals surface area contributed by atoms with Gasteiger partial charge in [-0.05, 0) is 38.5 Å². The molecule has 1 saturated heterocycles. The van der Waals surface area contributed by atoms with Crippen molar-refractivity contribution in [1.82, 2.24) is 24.9 Å². The summed E-state index contributed by atoms with van der Waals surface area (Å²) < 4.78 is 7.07. The van der Waals surface area contributed by atoms with Crippen LogP contribution in [0.15, 0.2) is 35.3 Å². The van der Waals surface area contributed by atoms with Gasteiger partial charge in [0, 0.05) is 45.5 Å². The van der Waals surface area contributed by atoms with Gasteiger partial charge in [0.1, 0.15) is 0 Å². The molecule has 0 unspecified atom stereocenters. The Kier molecular flexibility index (Phi) is 6.74. The van der Waals surface area contributed by atoms with E-state index in [1.54, 1.807) is 11.9 Å². The summed E-state index contributed by atoms with van der Waals surface area (Å²) in [7, 11) is 1.78. The highest BCUT2D eigenvalue weighted by Gasteiger charge is 2.23. The van der Waals surface area contributed by atoms with Gasteiger partial charge in [-0.15, -0.1) is 0 Å². The molecule has 1 fully saturated rings. The summed E-state index contributed by atoms with van der Waals surface area (Å²) in [5.41, 5.74) is 4.31. The number of carbonyl (C=O) groups is 1. The van der Waals surface area contributed by atoms with Crippen LogP contribution in [0.5, 0.6) is 0 Å². The number of nitrogens with zero attached hydrogens (tertiary/aromatic N) is 5. The zero-order chi connectivity index (χ0) is 20.8. The van der Waals surface area contributed by atoms with Crippen molar-refractivity contribution in [2.75, 3.05) is 39.8 Å². The lowest BCUT2D eigenvalue weighted by molar-refractivity contribution is 0.0914. The first-order chi connectivity index (χ1) is 14.0. The van der Waals surface area contributed by atoms with E-state index < -0.39 is 0 Å². The smallest absolute Gasteiger partial charge is 0.409 e. The number of nitrogens with one attached hydrogen (secondary N) is 1. The van der Waals surface area contributed by atoms with Crippen LogP contribution in [0.25, 0.3) is 5.69 Å². The molecule has 8 heteroatoms. The number of aryl methyl sites for hydroxylation is 2. The van der Waals surface area contributed by atoms with Gasteiger partial charge in [-0.1, -0.05) is 18.2 Å². The largest absolute Gasteiger partial charge is 0.450 e. The van der Waals surface area contributed by atoms with E-state index in [-0.39, 0.29) is 6.09 Å². The van der Waals surface area contributed by atoms with Crippen molar-refractivity contribution in [1.29, 1.82) is 0 Å². The van der Waals surface area contributed by atoms with Crippen LogP contribution in [-0.2, 0) is 11.3 Å². The molecule has 0 radical (unpaired) electrons. The lowest BCUT2D eigenvalue weighted by Gasteiger charge is -2.35. The Hall–Kier alpha value is -3.03. The quantitative estimate of drug-likeness (QED) is 0.632. The third-order valence-corrected chi connectivity index (χ3v) is 4.98. The average Bonchev–Trinajstić information content (AvgIpc) is 3.07. The summed E-state index contributed by atoms with van der Waals surface area (Å²) in [6.07, 6.45) is -0.242. The molecule has 1 aliphatic rings. The van der Waals surface area contributed by atoms with Gasteiger partial charge in [0.2, 0.25) is 0 Å². The SMILES string of the molecule is CCOC(=O)N1CCN(C(=NC)NCc2ccccc2-n2nc(C)cc2C)CC1. The topological polar surface area (TPSA) is 75.0 Å². The summed E-state index contributed by atoms with van der Waals surface area (Å²) in [6.45, 7) is 9.62. The number of guanidine groups is 1. The minimum absolute atomic E-state index is 0.242. The highest BCUT2D eigenvalue weighted by atomic mass is 16.6. The van der Waals surface area contributed by atoms with Crippen LogP contribution in [0, 0.1) is 13.8 Å². The number of piperazine rings is 1. The number of aromatic nitrogens is 2. The standard InChI is InChI=1S/C21H30N6O2/c1-5-29-21(28)26-12-10-25(11-13-26)20(22-4)23-15-18-8-6-7-9-19(18)27-17(3)14-16(2)24-27/h6-9,14H,5,10-13,15H2,1-4H3,(H,22,23). The molecule has 29 heavy (non-hydrogen) atoms. The number of ether oxygens (including phenoxy) is 1. The molecule has 3 rings (SSSR count). The van der Waals surface area contributed by atoms with Crippen LogP contribution in [0.4, 0.5) is 4.79 Å². The highest BCUT2D eigenvalue weighted by Crippen LogP contribution is 2.17. The predicted molar refractivity (Wildman–Crippen MR) is 113 cm³/mol. The molecule has 0 aliphatic carbocycles. The average molecular weight is 399 g/mol. The van der Waals surface area contributed by atoms with Crippen molar-refractivity contribution in [3.8, 4) is 5.69 Å². The Morgan fingerprint density at radius 3 is 2.48 bits per heavy atom. The fraction of sp³-hybridized carbons (Fsp3) is 0.476. The summed E-state index contributed by atoms with van der Waals surface area (Å²) in [5.74, 6) is 0.830. The lowest BCUT2D eigenvalue weighted by atomic mass is 10.1. The second-order valence-corrected chi connectivity index (χ2v) is 7.04. The minimum Gasteiger partial charge on any atom is -0.450 e. The fourth-order valence-electron chi connectivity index (χ4n) is 3.56. The van der Waals surface area contributed by atoms with Crippen LogP contribution < -0.4 is 5.32 Å². The first kappa shape index (κ1) is 20.7. The molecule has 1 amide bonds. The van der Waals surface area contributed by atoms with Gasteiger partial charge in [0.25, 0.3) is 0 Å². The Bertz CT molecular complexity index is 868. The van der Waals surface area contributed by atoms with Gasteiger partial charge in [-0.3, -0.25) is 4.99 Å². The number of hydrogen-bond donors (Lipinski definition) is 1. The zero-order valence-corrected chi connectivity index (χ0v) is 17.7. The van der Waals surface area contributed by atoms with E-state index in [1.807, 2.05) is 30.7 Å². The van der Waals surface area contributed by atoms with E-state index in [0.717, 1.165) is 41.7 Å². The van der Waals surface area contributed by atoms with Crippen LogP contribution >= 0.6 is 0 Å². The summed E-state index contributed by atoms with van der Waals surface area (Å²) in [5, 5.41) is 8.08. The molecule has 1 N–H and O–H groups in total. The third-order valence-electron chi connectivity index (χ3n) is 4.98. The Labute approximate surface area is 172 Å². The number of benzene rings is 1. The Morgan fingerprint density at radius 1 is 1.17 bits per heavy atom. The van der Waals surface area contributed by atoms with Crippen molar-refractivity contribution in [3.63, 3.8) is 0 Å². The van der Waals surface area contributed by atoms with Crippen LogP contribution in [0.2, 0.25) is 0 Å². The molecule has 0 atom stereocenters. The molecule has 0 bridgehead atoms. The maximum atomic E-state index is 11.9. The summed E-state index contributed by atoms with van der Waals surface area (Å²) >= 11 is 0. The highest BCUT2D eigenvalue weighted by molar-refractivity contribution is 5.80. The van der Waals surface area contributed by atoms with Crippen LogP contribution in [0.3, 0.4) is 0 Å². The maximum Gasteiger partial charge on any atom is 0.409 e. The molecule has 156 valence electrons. The van der Waals surface area contributed by atoms with E-state index in [4.69, 9.17) is 4.74 Å². The number of para-hydroxylation sites is 1. The van der Waals surface area contributed by atoms with E-state index in [1.165, 1.54) is 0 Å². The zero-order valence-electron chi connectivity index (χ0n) is 17.7. The number of rotatable bonds is 4. The first-order valence-electron chi connectivity index (χ1n) is 10.0. The Balaban J connectivity index is 1.64. The first-order valence-corrected chi connectivity index (χ1v) is 10.0. The molecule has 1 aromatic heterocycles. The van der Waals surface area contributed by atoms with Gasteiger partial charge < -0.3 is 19.9 Å². The molecule has 2 heterocycles. The minimum atomic E-state index is -0.242. The normalized spacial score (nSPS) is 14.8. The molecule has 2 aromatic rings. The van der Waals surface area contributed by atoms with Crippen LogP contribution in [0.1, 0.15) is 23.9 Å². The molecule has 0 saturated carbocycles. The molecule has 1 aliphatic heterocycles. The number of aliphatic imine (C=N–C) groups is 1. The van der Waals surface area contributed by atoms with Crippen LogP contribution in [-0.4, -0.2) is 71.5 Å². The van der Waals surface area contributed by atoms with Gasteiger partial charge in [0.15, 0.2) is 5.96 Å². The van der Waals surface area contributed by atoms with Crippen molar-refractivity contribution in [3.05, 3.63) is 47.3 Å². The van der Waals surface area contributed by atoms with E-state index in [2.05, 4.69) is 45.4 Å². The van der Waals surface area contributed by atoms with E-state index in [0.29, 0.717) is 26.2 Å². The van der Waals surface area contributed by atoms with E-state index in [9.17, 15) is 4.79 Å². The van der Waals surface area contributed by atoms with Gasteiger partial charge in [-0.25, -0.2) is 9.48 Å². The second-order valence-electron chi connectivity index (χ2n) is 7.04. The molecular weight excluding hydrogens is 368 g/mol. The number of hydrogen-bond acceptors (Lipinski definition) is 4. The molecule has 1 aromatic carbocycles. The van der Waals surface area contributed by atoms with Gasteiger partial charge >= 0.3 is 6.09 Å². The summed E-state index contributed by atoms with van der Waals surface area (Å²) in [4.78, 5) is 20.2. The predicted octanol–water partition coefficient (Wildman–Crippen LogP) is 2.34. The molecule has 0 spiro atoms.